The van der Waals surface area contributed by atoms with Crippen molar-refractivity contribution in [2.24, 2.45) is 0 Å². The van der Waals surface area contributed by atoms with E-state index in [2.05, 4.69) is 0 Å². The predicted octanol–water partition coefficient (Wildman–Crippen LogP) is 4.70. The van der Waals surface area contributed by atoms with Crippen LogP contribution in [0, 0.1) is 0 Å². The Morgan fingerprint density at radius 2 is 0.655 bits per heavy atom. The molecule has 20 heteroatoms. The minimum Gasteiger partial charge on any atom is -0.477 e. The quantitative estimate of drug-likeness (QED) is 0.432. The summed E-state index contributed by atoms with van der Waals surface area (Å²) < 4.78 is 214. The van der Waals surface area contributed by atoms with E-state index < -0.39 is 53.6 Å². The molecule has 0 atom stereocenters. The molecule has 0 aliphatic carbocycles. The maximum Gasteiger partial charge on any atom is 0.460 e. The molecule has 0 aromatic rings. The van der Waals surface area contributed by atoms with Crippen LogP contribution in [0.3, 0.4) is 0 Å². The van der Waals surface area contributed by atoms with Gasteiger partial charge in [-0.25, -0.2) is 4.79 Å². The molecule has 0 fully saturated rings. The second-order valence-electron chi connectivity index (χ2n) is 4.82. The third-order valence-corrected chi connectivity index (χ3v) is 2.99. The number of halogens is 17. The van der Waals surface area contributed by atoms with Gasteiger partial charge in [0.15, 0.2) is 0 Å². The van der Waals surface area contributed by atoms with Gasteiger partial charge in [0.25, 0.3) is 0 Å². The molecule has 0 aromatic carbocycles. The molecule has 0 rings (SSSR count). The largest absolute Gasteiger partial charge is 0.477 e. The van der Waals surface area contributed by atoms with Gasteiger partial charge in [0, 0.05) is 18.9 Å². The molecule has 1 radical (unpaired) electrons. The van der Waals surface area contributed by atoms with Crippen LogP contribution < -0.4 is 0 Å². The Labute approximate surface area is 158 Å². The zero-order valence-electron chi connectivity index (χ0n) is 12.8. The second-order valence-corrected chi connectivity index (χ2v) is 4.82. The molecule has 0 spiro atoms. The van der Waals surface area contributed by atoms with Gasteiger partial charge in [-0.05, 0) is 0 Å². The van der Waals surface area contributed by atoms with Gasteiger partial charge in [-0.2, -0.15) is 74.6 Å². The van der Waals surface area contributed by atoms with Crippen molar-refractivity contribution in [3.05, 3.63) is 0 Å². The van der Waals surface area contributed by atoms with Crippen molar-refractivity contribution in [3.8, 4) is 0 Å². The Kier molecular flexibility index (Phi) is 7.50. The normalized spacial score (nSPS) is 15.8. The standard InChI is InChI=1S/C9HF17O2.Li/c10-2(11,1(27)28)3(12,13)4(14,15)5(16,17)6(18,19)7(20,21)8(22,23)9(24,25)26;/h(H,27,28);. The molecule has 0 saturated heterocycles. The van der Waals surface area contributed by atoms with Gasteiger partial charge < -0.3 is 5.11 Å². The Morgan fingerprint density at radius 3 is 0.862 bits per heavy atom. The zero-order chi connectivity index (χ0) is 23.6. The van der Waals surface area contributed by atoms with E-state index in [9.17, 15) is 79.4 Å². The van der Waals surface area contributed by atoms with E-state index in [4.69, 9.17) is 5.11 Å². The van der Waals surface area contributed by atoms with E-state index in [0.29, 0.717) is 0 Å². The monoisotopic (exact) mass is 471 g/mol. The first-order chi connectivity index (χ1) is 11.7. The number of rotatable bonds is 7. The van der Waals surface area contributed by atoms with Crippen LogP contribution in [-0.2, 0) is 4.79 Å². The van der Waals surface area contributed by atoms with Gasteiger partial charge in [-0.3, -0.25) is 0 Å². The third-order valence-electron chi connectivity index (χ3n) is 2.99. The number of hydrogen-bond acceptors (Lipinski definition) is 1. The number of hydrogen-bond donors (Lipinski definition) is 1. The molecule has 0 aliphatic heterocycles. The Morgan fingerprint density at radius 1 is 0.448 bits per heavy atom. The van der Waals surface area contributed by atoms with Crippen LogP contribution in [0.15, 0.2) is 0 Å². The molecule has 169 valence electrons. The summed E-state index contributed by atoms with van der Waals surface area (Å²) in [6.07, 6.45) is -7.83. The second kappa shape index (κ2) is 7.23. The summed E-state index contributed by atoms with van der Waals surface area (Å²) in [4.78, 5) is 9.77. The van der Waals surface area contributed by atoms with E-state index in [1.807, 2.05) is 0 Å². The summed E-state index contributed by atoms with van der Waals surface area (Å²) in [5, 5.41) is 7.59. The zero-order valence-corrected chi connectivity index (χ0v) is 12.8. The minimum atomic E-state index is -8.76. The minimum absolute atomic E-state index is 0. The smallest absolute Gasteiger partial charge is 0.460 e. The summed E-state index contributed by atoms with van der Waals surface area (Å²) in [6.45, 7) is 0. The maximum atomic E-state index is 13.0. The first-order valence-corrected chi connectivity index (χ1v) is 5.64. The van der Waals surface area contributed by atoms with Crippen molar-refractivity contribution in [1.82, 2.24) is 0 Å². The van der Waals surface area contributed by atoms with Crippen LogP contribution in [0.4, 0.5) is 74.6 Å². The molecule has 0 heterocycles. The fourth-order valence-corrected chi connectivity index (χ4v) is 1.30. The number of carbonyl (C=O) groups is 1. The molecule has 0 aliphatic rings. The molecular weight excluding hydrogens is 470 g/mol. The SMILES string of the molecule is O=C(O)C(F)(F)C(F)(F)C(F)(F)C(F)(F)C(F)(F)C(F)(F)C(F)(F)C(F)(F)F.[Li]. The van der Waals surface area contributed by atoms with Gasteiger partial charge in [0.2, 0.25) is 0 Å². The molecule has 0 saturated carbocycles. The van der Waals surface area contributed by atoms with E-state index >= 15 is 0 Å². The van der Waals surface area contributed by atoms with Crippen LogP contribution in [0.25, 0.3) is 0 Å². The van der Waals surface area contributed by atoms with Crippen LogP contribution in [0.5, 0.6) is 0 Å². The molecule has 2 nitrogen and oxygen atoms in total. The van der Waals surface area contributed by atoms with Crippen molar-refractivity contribution in [2.45, 2.75) is 47.6 Å². The van der Waals surface area contributed by atoms with E-state index in [0.717, 1.165) is 0 Å². The summed E-state index contributed by atoms with van der Waals surface area (Å²) in [5.74, 6) is -62.9. The summed E-state index contributed by atoms with van der Waals surface area (Å²) in [7, 11) is 0. The van der Waals surface area contributed by atoms with Gasteiger partial charge in [-0.1, -0.05) is 0 Å². The van der Waals surface area contributed by atoms with Crippen molar-refractivity contribution in [3.63, 3.8) is 0 Å². The van der Waals surface area contributed by atoms with Crippen LogP contribution in [0.2, 0.25) is 0 Å². The third kappa shape index (κ3) is 3.61. The van der Waals surface area contributed by atoms with Crippen LogP contribution in [0.1, 0.15) is 0 Å². The summed E-state index contributed by atoms with van der Waals surface area (Å²) in [6, 6.07) is 0. The Balaban J connectivity index is 0. The number of alkyl halides is 17. The van der Waals surface area contributed by atoms with E-state index in [1.54, 1.807) is 0 Å². The van der Waals surface area contributed by atoms with Gasteiger partial charge in [-0.15, -0.1) is 0 Å². The molecule has 0 amide bonds. The van der Waals surface area contributed by atoms with E-state index in [-0.39, 0.29) is 18.9 Å². The molecule has 0 bridgehead atoms. The number of aliphatic carboxylic acids is 1. The van der Waals surface area contributed by atoms with Crippen molar-refractivity contribution in [2.75, 3.05) is 0 Å². The topological polar surface area (TPSA) is 37.3 Å². The molecule has 0 unspecified atom stereocenters. The first kappa shape index (κ1) is 30.1. The van der Waals surface area contributed by atoms with Crippen LogP contribution >= 0.6 is 0 Å². The first-order valence-electron chi connectivity index (χ1n) is 5.64. The molecular formula is C9HF17LiO2. The molecule has 1 N–H and O–H groups in total. The average Bonchev–Trinajstić information content (AvgIpc) is 2.44. The Bertz CT molecular complexity index is 621. The van der Waals surface area contributed by atoms with Gasteiger partial charge in [0.1, 0.15) is 0 Å². The van der Waals surface area contributed by atoms with Gasteiger partial charge >= 0.3 is 53.6 Å². The summed E-state index contributed by atoms with van der Waals surface area (Å²) >= 11 is 0. The van der Waals surface area contributed by atoms with E-state index in [1.165, 1.54) is 0 Å². The predicted molar refractivity (Wildman–Crippen MR) is 54.1 cm³/mol. The van der Waals surface area contributed by atoms with Crippen molar-refractivity contribution >= 4 is 24.8 Å². The van der Waals surface area contributed by atoms with Gasteiger partial charge in [0.05, 0.1) is 0 Å². The number of carboxylic acid groups (broad SMARTS) is 1. The fraction of sp³-hybridized carbons (Fsp3) is 0.889. The summed E-state index contributed by atoms with van der Waals surface area (Å²) in [5.41, 5.74) is 0. The van der Waals surface area contributed by atoms with Crippen molar-refractivity contribution < 1.29 is 84.5 Å². The molecule has 0 aromatic heterocycles. The van der Waals surface area contributed by atoms with Crippen molar-refractivity contribution in [1.29, 1.82) is 0 Å². The number of carboxylic acids is 1. The molecule has 29 heavy (non-hydrogen) atoms. The fourth-order valence-electron chi connectivity index (χ4n) is 1.30. The maximum absolute atomic E-state index is 13.0. The average molecular weight is 471 g/mol. The Hall–Kier alpha value is -1.12. The van der Waals surface area contributed by atoms with Crippen LogP contribution in [-0.4, -0.2) is 77.6 Å².